The summed E-state index contributed by atoms with van der Waals surface area (Å²) in [5.74, 6) is -0.634. The van der Waals surface area contributed by atoms with Gasteiger partial charge in [-0.3, -0.25) is 9.59 Å². The summed E-state index contributed by atoms with van der Waals surface area (Å²) in [6.07, 6.45) is 2.17. The summed E-state index contributed by atoms with van der Waals surface area (Å²) >= 11 is 1.41. The van der Waals surface area contributed by atoms with E-state index in [0.29, 0.717) is 16.9 Å². The van der Waals surface area contributed by atoms with E-state index in [4.69, 9.17) is 0 Å². The van der Waals surface area contributed by atoms with Crippen LogP contribution in [0.1, 0.15) is 28.9 Å². The molecule has 0 unspecified atom stereocenters. The van der Waals surface area contributed by atoms with Crippen molar-refractivity contribution in [2.75, 3.05) is 5.32 Å². The van der Waals surface area contributed by atoms with Crippen LogP contribution in [0.2, 0.25) is 0 Å². The summed E-state index contributed by atoms with van der Waals surface area (Å²) < 4.78 is 13.0. The van der Waals surface area contributed by atoms with Crippen molar-refractivity contribution in [2.45, 2.75) is 25.3 Å². The number of anilines is 1. The second kappa shape index (κ2) is 7.90. The molecule has 1 heterocycles. The first-order valence-corrected chi connectivity index (χ1v) is 9.86. The number of benzene rings is 2. The van der Waals surface area contributed by atoms with Gasteiger partial charge in [0.05, 0.1) is 12.1 Å². The zero-order valence-corrected chi connectivity index (χ0v) is 15.8. The molecular weight excluding hydrogens is 377 g/mol. The maximum atomic E-state index is 13.0. The third-order valence-corrected chi connectivity index (χ3v) is 5.25. The van der Waals surface area contributed by atoms with Gasteiger partial charge in [-0.2, -0.15) is 0 Å². The van der Waals surface area contributed by atoms with Crippen LogP contribution in [0.15, 0.2) is 53.9 Å². The number of rotatable bonds is 6. The van der Waals surface area contributed by atoms with Crippen molar-refractivity contribution < 1.29 is 14.0 Å². The molecule has 2 N–H and O–H groups in total. The van der Waals surface area contributed by atoms with E-state index in [9.17, 15) is 14.0 Å². The molecule has 5 nitrogen and oxygen atoms in total. The van der Waals surface area contributed by atoms with Gasteiger partial charge >= 0.3 is 0 Å². The molecule has 28 heavy (non-hydrogen) atoms. The molecule has 0 atom stereocenters. The van der Waals surface area contributed by atoms with E-state index in [0.717, 1.165) is 23.4 Å². The maximum Gasteiger partial charge on any atom is 0.251 e. The first-order valence-electron chi connectivity index (χ1n) is 8.98. The van der Waals surface area contributed by atoms with Crippen LogP contribution in [0.25, 0.3) is 10.6 Å². The lowest BCUT2D eigenvalue weighted by molar-refractivity contribution is -0.115. The van der Waals surface area contributed by atoms with E-state index in [2.05, 4.69) is 15.6 Å². The molecule has 1 aliphatic rings. The zero-order chi connectivity index (χ0) is 19.5. The molecule has 0 spiro atoms. The number of aromatic nitrogens is 1. The first kappa shape index (κ1) is 18.3. The summed E-state index contributed by atoms with van der Waals surface area (Å²) in [4.78, 5) is 28.9. The van der Waals surface area contributed by atoms with Gasteiger partial charge in [-0.15, -0.1) is 11.3 Å². The number of thiazole rings is 1. The summed E-state index contributed by atoms with van der Waals surface area (Å²) in [6, 6.07) is 13.3. The fraction of sp³-hybridized carbons (Fsp3) is 0.190. The molecule has 0 aliphatic heterocycles. The third-order valence-electron chi connectivity index (χ3n) is 4.31. The van der Waals surface area contributed by atoms with Crippen LogP contribution in [0.4, 0.5) is 10.1 Å². The fourth-order valence-electron chi connectivity index (χ4n) is 2.72. The summed E-state index contributed by atoms with van der Waals surface area (Å²) in [7, 11) is 0. The molecule has 7 heteroatoms. The van der Waals surface area contributed by atoms with Crippen LogP contribution in [0.3, 0.4) is 0 Å². The van der Waals surface area contributed by atoms with Gasteiger partial charge in [0, 0.05) is 28.2 Å². The molecular formula is C21H18FN3O2S. The topological polar surface area (TPSA) is 71.1 Å². The molecule has 1 aromatic heterocycles. The molecule has 1 saturated carbocycles. The molecule has 1 fully saturated rings. The molecule has 142 valence electrons. The van der Waals surface area contributed by atoms with E-state index < -0.39 is 0 Å². The standard InChI is InChI=1S/C21H18FN3O2S/c22-15-6-4-13(5-7-15)21-25-18(12-28-21)11-19(26)23-17-3-1-2-14(10-17)20(27)24-16-8-9-16/h1-7,10,12,16H,8-9,11H2,(H,23,26)(H,24,27). The third kappa shape index (κ3) is 4.61. The highest BCUT2D eigenvalue weighted by Crippen LogP contribution is 2.24. The Morgan fingerprint density at radius 1 is 1.14 bits per heavy atom. The highest BCUT2D eigenvalue weighted by Gasteiger charge is 2.23. The Labute approximate surface area is 165 Å². The Morgan fingerprint density at radius 2 is 1.93 bits per heavy atom. The zero-order valence-electron chi connectivity index (χ0n) is 14.9. The molecule has 4 rings (SSSR count). The average Bonchev–Trinajstić information content (AvgIpc) is 3.38. The van der Waals surface area contributed by atoms with Gasteiger partial charge in [-0.05, 0) is 55.3 Å². The van der Waals surface area contributed by atoms with E-state index in [1.54, 1.807) is 36.4 Å². The molecule has 2 amide bonds. The molecule has 0 bridgehead atoms. The quantitative estimate of drug-likeness (QED) is 0.662. The van der Waals surface area contributed by atoms with Gasteiger partial charge in [0.2, 0.25) is 5.91 Å². The Kier molecular flexibility index (Phi) is 5.16. The monoisotopic (exact) mass is 395 g/mol. The van der Waals surface area contributed by atoms with Crippen LogP contribution in [0, 0.1) is 5.82 Å². The molecule has 2 aromatic carbocycles. The lowest BCUT2D eigenvalue weighted by atomic mass is 10.2. The van der Waals surface area contributed by atoms with E-state index in [1.807, 2.05) is 5.38 Å². The Morgan fingerprint density at radius 3 is 2.68 bits per heavy atom. The van der Waals surface area contributed by atoms with Gasteiger partial charge in [-0.1, -0.05) is 6.07 Å². The van der Waals surface area contributed by atoms with Gasteiger partial charge in [-0.25, -0.2) is 9.37 Å². The SMILES string of the molecule is O=C(Cc1csc(-c2ccc(F)cc2)n1)Nc1cccc(C(=O)NC2CC2)c1. The van der Waals surface area contributed by atoms with Crippen LogP contribution < -0.4 is 10.6 Å². The minimum absolute atomic E-state index is 0.121. The van der Waals surface area contributed by atoms with Crippen LogP contribution in [0.5, 0.6) is 0 Å². The summed E-state index contributed by atoms with van der Waals surface area (Å²) in [6.45, 7) is 0. The Balaban J connectivity index is 1.38. The lowest BCUT2D eigenvalue weighted by Crippen LogP contribution is -2.25. The summed E-state index contributed by atoms with van der Waals surface area (Å²) in [5.41, 5.74) is 2.55. The number of amides is 2. The van der Waals surface area contributed by atoms with Gasteiger partial charge in [0.25, 0.3) is 5.91 Å². The fourth-order valence-corrected chi connectivity index (χ4v) is 3.54. The molecule has 3 aromatic rings. The Hall–Kier alpha value is -3.06. The highest BCUT2D eigenvalue weighted by molar-refractivity contribution is 7.13. The minimum Gasteiger partial charge on any atom is -0.349 e. The van der Waals surface area contributed by atoms with Crippen molar-refractivity contribution in [3.63, 3.8) is 0 Å². The molecule has 1 aliphatic carbocycles. The van der Waals surface area contributed by atoms with E-state index in [-0.39, 0.29) is 30.1 Å². The van der Waals surface area contributed by atoms with E-state index >= 15 is 0 Å². The molecule has 0 saturated heterocycles. The van der Waals surface area contributed by atoms with Crippen LogP contribution in [-0.4, -0.2) is 22.8 Å². The average molecular weight is 395 g/mol. The van der Waals surface area contributed by atoms with Crippen molar-refractivity contribution in [1.82, 2.24) is 10.3 Å². The normalized spacial score (nSPS) is 13.2. The van der Waals surface area contributed by atoms with E-state index in [1.165, 1.54) is 23.5 Å². The van der Waals surface area contributed by atoms with Gasteiger partial charge in [0.1, 0.15) is 10.8 Å². The number of nitrogens with zero attached hydrogens (tertiary/aromatic N) is 1. The number of hydrogen-bond donors (Lipinski definition) is 2. The number of hydrogen-bond acceptors (Lipinski definition) is 4. The number of carbonyl (C=O) groups is 2. The van der Waals surface area contributed by atoms with Gasteiger partial charge in [0.15, 0.2) is 0 Å². The van der Waals surface area contributed by atoms with Gasteiger partial charge < -0.3 is 10.6 Å². The maximum absolute atomic E-state index is 13.0. The predicted molar refractivity (Wildman–Crippen MR) is 107 cm³/mol. The highest BCUT2D eigenvalue weighted by atomic mass is 32.1. The number of nitrogens with one attached hydrogen (secondary N) is 2. The lowest BCUT2D eigenvalue weighted by Gasteiger charge is -2.07. The molecule has 0 radical (unpaired) electrons. The first-order chi connectivity index (χ1) is 13.6. The summed E-state index contributed by atoms with van der Waals surface area (Å²) in [5, 5.41) is 8.29. The largest absolute Gasteiger partial charge is 0.349 e. The minimum atomic E-state index is -0.298. The van der Waals surface area contributed by atoms with Crippen molar-refractivity contribution >= 4 is 28.8 Å². The predicted octanol–water partition coefficient (Wildman–Crippen LogP) is 4.02. The smallest absolute Gasteiger partial charge is 0.251 e. The second-order valence-electron chi connectivity index (χ2n) is 6.70. The number of carbonyl (C=O) groups excluding carboxylic acids is 2. The number of halogens is 1. The Bertz CT molecular complexity index is 1010. The van der Waals surface area contributed by atoms with Crippen LogP contribution in [-0.2, 0) is 11.2 Å². The van der Waals surface area contributed by atoms with Crippen molar-refractivity contribution in [1.29, 1.82) is 0 Å². The van der Waals surface area contributed by atoms with Crippen molar-refractivity contribution in [3.8, 4) is 10.6 Å². The van der Waals surface area contributed by atoms with Crippen LogP contribution >= 0.6 is 11.3 Å². The van der Waals surface area contributed by atoms with Crippen molar-refractivity contribution in [2.24, 2.45) is 0 Å². The van der Waals surface area contributed by atoms with Crippen molar-refractivity contribution in [3.05, 3.63) is 71.0 Å². The second-order valence-corrected chi connectivity index (χ2v) is 7.56.